The Kier molecular flexibility index (Phi) is 3.61. The first-order valence-corrected chi connectivity index (χ1v) is 6.07. The van der Waals surface area contributed by atoms with Crippen LogP contribution in [0.2, 0.25) is 5.02 Å². The quantitative estimate of drug-likeness (QED) is 0.836. The Morgan fingerprint density at radius 3 is 3.00 bits per heavy atom. The third kappa shape index (κ3) is 2.75. The van der Waals surface area contributed by atoms with Gasteiger partial charge >= 0.3 is 0 Å². The Balaban J connectivity index is 2.27. The molecule has 1 aromatic carbocycles. The second kappa shape index (κ2) is 5.16. The zero-order valence-electron chi connectivity index (χ0n) is 8.85. The second-order valence-corrected chi connectivity index (χ2v) is 4.66. The fraction of sp³-hybridized carbons (Fsp3) is 0.0909. The Labute approximate surface area is 108 Å². The molecule has 0 aliphatic carbocycles. The van der Waals surface area contributed by atoms with Crippen LogP contribution in [0, 0.1) is 0 Å². The molecule has 4 nitrogen and oxygen atoms in total. The molecular weight excluding hydrogens is 258 g/mol. The highest BCUT2D eigenvalue weighted by molar-refractivity contribution is 7.18. The number of hydrogen-bond donors (Lipinski definition) is 2. The van der Waals surface area contributed by atoms with Crippen molar-refractivity contribution in [2.45, 2.75) is 0 Å². The Bertz CT molecular complexity index is 541. The third-order valence-electron chi connectivity index (χ3n) is 2.01. The van der Waals surface area contributed by atoms with E-state index < -0.39 is 0 Å². The van der Waals surface area contributed by atoms with Crippen LogP contribution in [-0.2, 0) is 0 Å². The number of hydrogen-bond acceptors (Lipinski definition) is 5. The number of rotatable bonds is 4. The van der Waals surface area contributed by atoms with Crippen LogP contribution < -0.4 is 5.32 Å². The third-order valence-corrected chi connectivity index (χ3v) is 3.16. The number of halogens is 1. The molecule has 0 saturated carbocycles. The molecule has 0 spiro atoms. The van der Waals surface area contributed by atoms with Crippen molar-refractivity contribution in [2.24, 2.45) is 0 Å². The summed E-state index contributed by atoms with van der Waals surface area (Å²) < 4.78 is 0. The highest BCUT2D eigenvalue weighted by atomic mass is 35.5. The Morgan fingerprint density at radius 2 is 2.29 bits per heavy atom. The standard InChI is InChI=1S/C11H10ClN3OS/c1-2-5-13-11-15-14-10(17-11)8-4-3-7(12)6-9(8)16/h2-4,6,16H,1,5H2,(H,13,15). The maximum absolute atomic E-state index is 9.75. The first kappa shape index (κ1) is 11.9. The van der Waals surface area contributed by atoms with Crippen LogP contribution in [0.5, 0.6) is 5.75 Å². The Hall–Kier alpha value is -1.59. The average Bonchev–Trinajstić information content (AvgIpc) is 2.75. The normalized spacial score (nSPS) is 10.2. The summed E-state index contributed by atoms with van der Waals surface area (Å²) in [4.78, 5) is 0. The number of anilines is 1. The molecule has 0 saturated heterocycles. The van der Waals surface area contributed by atoms with Crippen molar-refractivity contribution in [3.63, 3.8) is 0 Å². The fourth-order valence-corrected chi connectivity index (χ4v) is 2.20. The Morgan fingerprint density at radius 1 is 1.47 bits per heavy atom. The number of phenolic OH excluding ortho intramolecular Hbond substituents is 1. The molecule has 0 fully saturated rings. The molecule has 0 unspecified atom stereocenters. The van der Waals surface area contributed by atoms with Crippen molar-refractivity contribution < 1.29 is 5.11 Å². The molecule has 2 rings (SSSR count). The molecular formula is C11H10ClN3OS. The zero-order chi connectivity index (χ0) is 12.3. The molecule has 0 aliphatic heterocycles. The predicted octanol–water partition coefficient (Wildman–Crippen LogP) is 3.16. The summed E-state index contributed by atoms with van der Waals surface area (Å²) in [6.07, 6.45) is 1.74. The molecule has 1 heterocycles. The predicted molar refractivity (Wildman–Crippen MR) is 70.7 cm³/mol. The minimum absolute atomic E-state index is 0.101. The van der Waals surface area contributed by atoms with E-state index in [9.17, 15) is 5.11 Å². The van der Waals surface area contributed by atoms with Gasteiger partial charge in [-0.05, 0) is 18.2 Å². The summed E-state index contributed by atoms with van der Waals surface area (Å²) in [5.41, 5.74) is 0.624. The maximum Gasteiger partial charge on any atom is 0.206 e. The van der Waals surface area contributed by atoms with Crippen LogP contribution in [-0.4, -0.2) is 21.8 Å². The van der Waals surface area contributed by atoms with Crippen molar-refractivity contribution in [3.05, 3.63) is 35.9 Å². The average molecular weight is 268 g/mol. The number of nitrogens with zero attached hydrogens (tertiary/aromatic N) is 2. The van der Waals surface area contributed by atoms with E-state index in [4.69, 9.17) is 11.6 Å². The summed E-state index contributed by atoms with van der Waals surface area (Å²) in [5, 5.41) is 22.6. The summed E-state index contributed by atoms with van der Waals surface area (Å²) in [6, 6.07) is 4.90. The number of aromatic hydroxyl groups is 1. The molecule has 0 bridgehead atoms. The SMILES string of the molecule is C=CCNc1nnc(-c2ccc(Cl)cc2O)s1. The van der Waals surface area contributed by atoms with E-state index in [1.165, 1.54) is 17.4 Å². The van der Waals surface area contributed by atoms with E-state index in [-0.39, 0.29) is 5.75 Å². The van der Waals surface area contributed by atoms with E-state index >= 15 is 0 Å². The summed E-state index contributed by atoms with van der Waals surface area (Å²) in [5.74, 6) is 0.101. The maximum atomic E-state index is 9.75. The molecule has 0 amide bonds. The van der Waals surface area contributed by atoms with Gasteiger partial charge in [-0.25, -0.2) is 0 Å². The van der Waals surface area contributed by atoms with Gasteiger partial charge in [0, 0.05) is 11.6 Å². The van der Waals surface area contributed by atoms with Gasteiger partial charge in [-0.15, -0.1) is 16.8 Å². The van der Waals surface area contributed by atoms with Crippen LogP contribution in [0.15, 0.2) is 30.9 Å². The monoisotopic (exact) mass is 267 g/mol. The van der Waals surface area contributed by atoms with Gasteiger partial charge < -0.3 is 10.4 Å². The van der Waals surface area contributed by atoms with E-state index in [1.807, 2.05) is 0 Å². The minimum atomic E-state index is 0.101. The summed E-state index contributed by atoms with van der Waals surface area (Å²) in [6.45, 7) is 4.23. The molecule has 2 N–H and O–H groups in total. The van der Waals surface area contributed by atoms with Crippen LogP contribution >= 0.6 is 22.9 Å². The first-order valence-electron chi connectivity index (χ1n) is 4.88. The van der Waals surface area contributed by atoms with Gasteiger partial charge in [0.2, 0.25) is 5.13 Å². The van der Waals surface area contributed by atoms with Crippen molar-refractivity contribution in [1.29, 1.82) is 0 Å². The van der Waals surface area contributed by atoms with Crippen LogP contribution in [0.4, 0.5) is 5.13 Å². The van der Waals surface area contributed by atoms with Gasteiger partial charge in [0.25, 0.3) is 0 Å². The van der Waals surface area contributed by atoms with Crippen molar-refractivity contribution in [2.75, 3.05) is 11.9 Å². The van der Waals surface area contributed by atoms with Gasteiger partial charge in [-0.3, -0.25) is 0 Å². The van der Waals surface area contributed by atoms with Gasteiger partial charge in [-0.2, -0.15) is 0 Å². The van der Waals surface area contributed by atoms with Gasteiger partial charge in [0.05, 0.1) is 5.56 Å². The van der Waals surface area contributed by atoms with Gasteiger partial charge in [0.15, 0.2) is 5.01 Å². The lowest BCUT2D eigenvalue weighted by atomic mass is 10.2. The second-order valence-electron chi connectivity index (χ2n) is 3.24. The smallest absolute Gasteiger partial charge is 0.206 e. The number of phenols is 1. The highest BCUT2D eigenvalue weighted by Gasteiger charge is 2.10. The lowest BCUT2D eigenvalue weighted by molar-refractivity contribution is 0.477. The molecule has 0 atom stereocenters. The molecule has 1 aromatic heterocycles. The number of benzene rings is 1. The molecule has 0 radical (unpaired) electrons. The summed E-state index contributed by atoms with van der Waals surface area (Å²) in [7, 11) is 0. The number of aromatic nitrogens is 2. The van der Waals surface area contributed by atoms with Gasteiger partial charge in [-0.1, -0.05) is 29.0 Å². The van der Waals surface area contributed by atoms with Crippen LogP contribution in [0.1, 0.15) is 0 Å². The van der Waals surface area contributed by atoms with Crippen molar-refractivity contribution in [1.82, 2.24) is 10.2 Å². The van der Waals surface area contributed by atoms with E-state index in [0.717, 1.165) is 0 Å². The molecule has 2 aromatic rings. The largest absolute Gasteiger partial charge is 0.507 e. The lowest BCUT2D eigenvalue weighted by Gasteiger charge is -1.99. The zero-order valence-corrected chi connectivity index (χ0v) is 10.4. The lowest BCUT2D eigenvalue weighted by Crippen LogP contribution is -1.96. The summed E-state index contributed by atoms with van der Waals surface area (Å²) >= 11 is 7.12. The van der Waals surface area contributed by atoms with E-state index in [2.05, 4.69) is 22.1 Å². The molecule has 88 valence electrons. The topological polar surface area (TPSA) is 58.0 Å². The van der Waals surface area contributed by atoms with E-state index in [0.29, 0.717) is 27.3 Å². The van der Waals surface area contributed by atoms with Crippen LogP contribution in [0.3, 0.4) is 0 Å². The van der Waals surface area contributed by atoms with E-state index in [1.54, 1.807) is 18.2 Å². The molecule has 6 heteroatoms. The minimum Gasteiger partial charge on any atom is -0.507 e. The highest BCUT2D eigenvalue weighted by Crippen LogP contribution is 2.34. The van der Waals surface area contributed by atoms with Gasteiger partial charge in [0.1, 0.15) is 5.75 Å². The number of nitrogens with one attached hydrogen (secondary N) is 1. The molecule has 0 aliphatic rings. The van der Waals surface area contributed by atoms with Crippen molar-refractivity contribution in [3.8, 4) is 16.3 Å². The first-order chi connectivity index (χ1) is 8.20. The van der Waals surface area contributed by atoms with Crippen LogP contribution in [0.25, 0.3) is 10.6 Å². The molecule has 17 heavy (non-hydrogen) atoms. The fourth-order valence-electron chi connectivity index (χ4n) is 1.25. The van der Waals surface area contributed by atoms with Crippen molar-refractivity contribution >= 4 is 28.1 Å².